The third-order valence-electron chi connectivity index (χ3n) is 2.97. The first-order valence-corrected chi connectivity index (χ1v) is 7.60. The fourth-order valence-electron chi connectivity index (χ4n) is 1.56. The van der Waals surface area contributed by atoms with E-state index in [0.717, 1.165) is 14.2 Å². The van der Waals surface area contributed by atoms with E-state index in [9.17, 15) is 13.2 Å². The number of nitrogens with zero attached hydrogens (tertiary/aromatic N) is 2. The van der Waals surface area contributed by atoms with Crippen molar-refractivity contribution in [2.75, 3.05) is 17.9 Å². The number of hydrogen-bond donors (Lipinski definition) is 1. The van der Waals surface area contributed by atoms with E-state index in [4.69, 9.17) is 5.11 Å². The predicted molar refractivity (Wildman–Crippen MR) is 78.0 cm³/mol. The number of aryl methyl sites for hydroxylation is 1. The lowest BCUT2D eigenvalue weighted by atomic mass is 10.2. The Hall–Kier alpha value is -1.60. The maximum Gasteiger partial charge on any atom is 0.324 e. The number of carbonyl (C=O) groups is 1. The van der Waals surface area contributed by atoms with Crippen molar-refractivity contribution in [1.82, 2.24) is 4.31 Å². The van der Waals surface area contributed by atoms with Crippen LogP contribution in [-0.4, -0.2) is 43.4 Å². The Labute approximate surface area is 119 Å². The largest absolute Gasteiger partial charge is 0.480 e. The van der Waals surface area contributed by atoms with Gasteiger partial charge in [-0.25, -0.2) is 4.31 Å². The summed E-state index contributed by atoms with van der Waals surface area (Å²) in [4.78, 5) is 11.0. The molecule has 0 aromatic heterocycles. The van der Waals surface area contributed by atoms with Crippen molar-refractivity contribution < 1.29 is 18.3 Å². The summed E-state index contributed by atoms with van der Waals surface area (Å²) in [6, 6.07) is 6.43. The van der Waals surface area contributed by atoms with Crippen molar-refractivity contribution >= 4 is 21.9 Å². The predicted octanol–water partition coefficient (Wildman–Crippen LogP) is 1.47. The number of carboxylic acid groups (broad SMARTS) is 1. The fourth-order valence-corrected chi connectivity index (χ4v) is 3.07. The molecule has 0 aliphatic heterocycles. The van der Waals surface area contributed by atoms with E-state index in [1.165, 1.54) is 7.05 Å². The maximum absolute atomic E-state index is 12.5. The van der Waals surface area contributed by atoms with Gasteiger partial charge in [0.15, 0.2) is 0 Å². The van der Waals surface area contributed by atoms with Crippen molar-refractivity contribution in [2.45, 2.75) is 26.8 Å². The molecule has 0 amide bonds. The summed E-state index contributed by atoms with van der Waals surface area (Å²) >= 11 is 0. The van der Waals surface area contributed by atoms with Crippen LogP contribution in [0.25, 0.3) is 0 Å². The molecule has 6 nitrogen and oxygen atoms in total. The number of anilines is 1. The molecule has 0 aliphatic rings. The van der Waals surface area contributed by atoms with Gasteiger partial charge in [-0.1, -0.05) is 17.7 Å². The second kappa shape index (κ2) is 6.23. The molecule has 0 unspecified atom stereocenters. The summed E-state index contributed by atoms with van der Waals surface area (Å²) in [6.45, 7) is 4.72. The molecular formula is C13H20N2O4S. The first-order chi connectivity index (χ1) is 9.16. The summed E-state index contributed by atoms with van der Waals surface area (Å²) in [5.41, 5.74) is 1.31. The van der Waals surface area contributed by atoms with Gasteiger partial charge in [0.05, 0.1) is 5.69 Å². The quantitative estimate of drug-likeness (QED) is 0.863. The zero-order chi connectivity index (χ0) is 15.5. The molecule has 112 valence electrons. The van der Waals surface area contributed by atoms with Gasteiger partial charge in [0.25, 0.3) is 0 Å². The second-order valence-electron chi connectivity index (χ2n) is 4.85. The van der Waals surface area contributed by atoms with Crippen molar-refractivity contribution in [3.63, 3.8) is 0 Å². The van der Waals surface area contributed by atoms with Gasteiger partial charge in [0.2, 0.25) is 0 Å². The highest BCUT2D eigenvalue weighted by Gasteiger charge is 2.30. The van der Waals surface area contributed by atoms with Gasteiger partial charge in [-0.2, -0.15) is 12.7 Å². The number of aliphatic carboxylic acids is 1. The van der Waals surface area contributed by atoms with E-state index in [0.29, 0.717) is 5.69 Å². The number of hydrogen-bond acceptors (Lipinski definition) is 3. The van der Waals surface area contributed by atoms with E-state index in [2.05, 4.69) is 0 Å². The summed E-state index contributed by atoms with van der Waals surface area (Å²) in [5, 5.41) is 8.96. The molecule has 0 saturated carbocycles. The Morgan fingerprint density at radius 2 is 1.75 bits per heavy atom. The van der Waals surface area contributed by atoms with E-state index in [1.807, 2.05) is 6.92 Å². The summed E-state index contributed by atoms with van der Waals surface area (Å²) in [6.07, 6.45) is 0. The van der Waals surface area contributed by atoms with E-state index in [1.54, 1.807) is 38.1 Å². The van der Waals surface area contributed by atoms with Crippen LogP contribution in [0.3, 0.4) is 0 Å². The number of benzene rings is 1. The lowest BCUT2D eigenvalue weighted by Gasteiger charge is -2.30. The standard InChI is InChI=1S/C13H20N2O4S/c1-10(2)14(4)20(18,19)15(9-13(16)17)12-7-5-11(3)6-8-12/h5-8,10H,9H2,1-4H3,(H,16,17). The minimum absolute atomic E-state index is 0.262. The Bertz CT molecular complexity index is 567. The van der Waals surface area contributed by atoms with Crippen LogP contribution in [0.1, 0.15) is 19.4 Å². The van der Waals surface area contributed by atoms with Gasteiger partial charge >= 0.3 is 16.2 Å². The van der Waals surface area contributed by atoms with Crippen molar-refractivity contribution in [3.05, 3.63) is 29.8 Å². The highest BCUT2D eigenvalue weighted by atomic mass is 32.2. The van der Waals surface area contributed by atoms with Crippen LogP contribution >= 0.6 is 0 Å². The Balaban J connectivity index is 3.25. The van der Waals surface area contributed by atoms with Crippen LogP contribution in [0.4, 0.5) is 5.69 Å². The lowest BCUT2D eigenvalue weighted by molar-refractivity contribution is -0.135. The molecule has 1 rings (SSSR count). The van der Waals surface area contributed by atoms with Gasteiger partial charge in [-0.05, 0) is 32.9 Å². The van der Waals surface area contributed by atoms with E-state index >= 15 is 0 Å². The normalized spacial score (nSPS) is 11.9. The van der Waals surface area contributed by atoms with Gasteiger partial charge in [0.1, 0.15) is 6.54 Å². The molecule has 0 spiro atoms. The maximum atomic E-state index is 12.5. The average Bonchev–Trinajstić information content (AvgIpc) is 2.35. The SMILES string of the molecule is Cc1ccc(N(CC(=O)O)S(=O)(=O)N(C)C(C)C)cc1. The zero-order valence-corrected chi connectivity index (χ0v) is 12.9. The zero-order valence-electron chi connectivity index (χ0n) is 12.1. The second-order valence-corrected chi connectivity index (χ2v) is 6.77. The Morgan fingerprint density at radius 3 is 2.15 bits per heavy atom. The molecule has 0 aliphatic carbocycles. The summed E-state index contributed by atoms with van der Waals surface area (Å²) in [5.74, 6) is -1.20. The van der Waals surface area contributed by atoms with Crippen molar-refractivity contribution in [1.29, 1.82) is 0 Å². The van der Waals surface area contributed by atoms with Gasteiger partial charge in [0, 0.05) is 13.1 Å². The highest BCUT2D eigenvalue weighted by Crippen LogP contribution is 2.21. The molecule has 0 saturated heterocycles. The van der Waals surface area contributed by atoms with Gasteiger partial charge in [-0.15, -0.1) is 0 Å². The first kappa shape index (κ1) is 16.5. The van der Waals surface area contributed by atoms with Crippen molar-refractivity contribution in [3.8, 4) is 0 Å². The van der Waals surface area contributed by atoms with E-state index in [-0.39, 0.29) is 6.04 Å². The highest BCUT2D eigenvalue weighted by molar-refractivity contribution is 7.90. The Kier molecular flexibility index (Phi) is 5.13. The van der Waals surface area contributed by atoms with Crippen LogP contribution in [0.5, 0.6) is 0 Å². The first-order valence-electron chi connectivity index (χ1n) is 6.20. The van der Waals surface area contributed by atoms with Gasteiger partial charge < -0.3 is 5.11 Å². The molecular weight excluding hydrogens is 280 g/mol. The van der Waals surface area contributed by atoms with Crippen LogP contribution < -0.4 is 4.31 Å². The van der Waals surface area contributed by atoms with Gasteiger partial charge in [-0.3, -0.25) is 4.79 Å². The molecule has 0 heterocycles. The van der Waals surface area contributed by atoms with Crippen LogP contribution in [0, 0.1) is 6.92 Å². The molecule has 0 atom stereocenters. The van der Waals surface area contributed by atoms with Crippen molar-refractivity contribution in [2.24, 2.45) is 0 Å². The smallest absolute Gasteiger partial charge is 0.324 e. The molecule has 1 aromatic carbocycles. The third-order valence-corrected chi connectivity index (χ3v) is 5.02. The van der Waals surface area contributed by atoms with Crippen LogP contribution in [0.2, 0.25) is 0 Å². The molecule has 0 fully saturated rings. The number of rotatable bonds is 6. The average molecular weight is 300 g/mol. The topological polar surface area (TPSA) is 77.9 Å². The van der Waals surface area contributed by atoms with Crippen LogP contribution in [-0.2, 0) is 15.0 Å². The minimum Gasteiger partial charge on any atom is -0.480 e. The molecule has 7 heteroatoms. The van der Waals surface area contributed by atoms with Crippen LogP contribution in [0.15, 0.2) is 24.3 Å². The minimum atomic E-state index is -3.88. The lowest BCUT2D eigenvalue weighted by Crippen LogP contribution is -2.47. The molecule has 1 N–H and O–H groups in total. The number of carboxylic acids is 1. The monoisotopic (exact) mass is 300 g/mol. The van der Waals surface area contributed by atoms with E-state index < -0.39 is 22.7 Å². The molecule has 1 aromatic rings. The summed E-state index contributed by atoms with van der Waals surface area (Å²) < 4.78 is 27.0. The molecule has 20 heavy (non-hydrogen) atoms. The third kappa shape index (κ3) is 3.71. The molecule has 0 radical (unpaired) electrons. The molecule has 0 bridgehead atoms. The Morgan fingerprint density at radius 1 is 1.25 bits per heavy atom. The fraction of sp³-hybridized carbons (Fsp3) is 0.462. The summed E-state index contributed by atoms with van der Waals surface area (Å²) in [7, 11) is -2.44.